The second-order valence-corrected chi connectivity index (χ2v) is 8.82. The SMILES string of the molecule is NC(=O)NC(=O)c1cc(-c2sc3c(c2C(N)=O)CCN(C(=O)c2cccnc2)C3)ccc1Cl. The number of thiophene rings is 1. The molecular weight excluding hydrogens is 466 g/mol. The first kappa shape index (κ1) is 22.4. The number of carbonyl (C=O) groups excluding carboxylic acids is 4. The highest BCUT2D eigenvalue weighted by Crippen LogP contribution is 2.40. The van der Waals surface area contributed by atoms with Gasteiger partial charge in [0, 0.05) is 28.7 Å². The van der Waals surface area contributed by atoms with E-state index < -0.39 is 17.8 Å². The predicted octanol–water partition coefficient (Wildman–Crippen LogP) is 2.57. The van der Waals surface area contributed by atoms with Gasteiger partial charge in [0.1, 0.15) is 0 Å². The van der Waals surface area contributed by atoms with Crippen LogP contribution >= 0.6 is 22.9 Å². The van der Waals surface area contributed by atoms with Crippen molar-refractivity contribution in [3.05, 3.63) is 74.9 Å². The molecule has 168 valence electrons. The van der Waals surface area contributed by atoms with E-state index in [-0.39, 0.29) is 16.5 Å². The van der Waals surface area contributed by atoms with E-state index in [1.807, 2.05) is 5.32 Å². The number of nitrogens with zero attached hydrogens (tertiary/aromatic N) is 2. The Morgan fingerprint density at radius 1 is 1.15 bits per heavy atom. The lowest BCUT2D eigenvalue weighted by molar-refractivity contribution is 0.0736. The molecule has 5 amide bonds. The number of halogens is 1. The topological polar surface area (TPSA) is 148 Å². The van der Waals surface area contributed by atoms with Crippen molar-refractivity contribution >= 4 is 46.7 Å². The Kier molecular flexibility index (Phi) is 6.12. The molecule has 1 aliphatic heterocycles. The first-order valence-corrected chi connectivity index (χ1v) is 11.0. The minimum atomic E-state index is -1.01. The van der Waals surface area contributed by atoms with Gasteiger partial charge >= 0.3 is 6.03 Å². The number of primary amides is 2. The number of urea groups is 1. The quantitative estimate of drug-likeness (QED) is 0.521. The van der Waals surface area contributed by atoms with Gasteiger partial charge in [-0.25, -0.2) is 4.79 Å². The predicted molar refractivity (Wildman–Crippen MR) is 123 cm³/mol. The number of benzene rings is 1. The third-order valence-corrected chi connectivity index (χ3v) is 6.80. The van der Waals surface area contributed by atoms with Gasteiger partial charge in [0.05, 0.1) is 28.3 Å². The fourth-order valence-electron chi connectivity index (χ4n) is 3.73. The molecule has 0 unspecified atom stereocenters. The van der Waals surface area contributed by atoms with E-state index in [0.717, 1.165) is 10.4 Å². The van der Waals surface area contributed by atoms with Crippen LogP contribution in [0.25, 0.3) is 10.4 Å². The number of carbonyl (C=O) groups is 4. The lowest BCUT2D eigenvalue weighted by atomic mass is 9.97. The van der Waals surface area contributed by atoms with Crippen molar-refractivity contribution in [2.75, 3.05) is 6.54 Å². The lowest BCUT2D eigenvalue weighted by Gasteiger charge is -2.27. The van der Waals surface area contributed by atoms with Crippen molar-refractivity contribution in [3.63, 3.8) is 0 Å². The molecule has 0 radical (unpaired) electrons. The molecule has 0 spiro atoms. The van der Waals surface area contributed by atoms with Gasteiger partial charge in [0.25, 0.3) is 11.8 Å². The number of nitrogens with one attached hydrogen (secondary N) is 1. The third kappa shape index (κ3) is 4.43. The van der Waals surface area contributed by atoms with E-state index in [0.29, 0.717) is 41.1 Å². The summed E-state index contributed by atoms with van der Waals surface area (Å²) in [7, 11) is 0. The summed E-state index contributed by atoms with van der Waals surface area (Å²) in [5.74, 6) is -1.52. The Balaban J connectivity index is 1.72. The molecule has 3 aromatic rings. The second kappa shape index (κ2) is 9.00. The van der Waals surface area contributed by atoms with E-state index in [1.54, 1.807) is 29.3 Å². The first-order valence-electron chi connectivity index (χ1n) is 9.80. The van der Waals surface area contributed by atoms with Gasteiger partial charge in [-0.3, -0.25) is 24.7 Å². The maximum absolute atomic E-state index is 12.9. The fourth-order valence-corrected chi connectivity index (χ4v) is 5.30. The van der Waals surface area contributed by atoms with Crippen molar-refractivity contribution in [3.8, 4) is 10.4 Å². The molecule has 4 rings (SSSR count). The molecule has 1 aliphatic rings. The zero-order valence-electron chi connectivity index (χ0n) is 17.1. The van der Waals surface area contributed by atoms with Crippen LogP contribution < -0.4 is 16.8 Å². The Bertz CT molecular complexity index is 1290. The molecule has 3 heterocycles. The summed E-state index contributed by atoms with van der Waals surface area (Å²) in [4.78, 5) is 55.7. The molecule has 9 nitrogen and oxygen atoms in total. The maximum atomic E-state index is 12.9. The van der Waals surface area contributed by atoms with Crippen LogP contribution in [0.4, 0.5) is 4.79 Å². The van der Waals surface area contributed by atoms with Gasteiger partial charge < -0.3 is 16.4 Å². The number of aromatic nitrogens is 1. The largest absolute Gasteiger partial charge is 0.366 e. The summed E-state index contributed by atoms with van der Waals surface area (Å²) < 4.78 is 0. The van der Waals surface area contributed by atoms with Crippen LogP contribution in [0, 0.1) is 0 Å². The lowest BCUT2D eigenvalue weighted by Crippen LogP contribution is -2.36. The number of amides is 5. The molecule has 11 heteroatoms. The number of fused-ring (bicyclic) bond motifs is 1. The zero-order valence-corrected chi connectivity index (χ0v) is 18.7. The highest BCUT2D eigenvalue weighted by Gasteiger charge is 2.30. The van der Waals surface area contributed by atoms with Gasteiger partial charge in [-0.05, 0) is 41.8 Å². The Labute approximate surface area is 197 Å². The average Bonchev–Trinajstić information content (AvgIpc) is 3.18. The van der Waals surface area contributed by atoms with Crippen molar-refractivity contribution in [2.24, 2.45) is 11.5 Å². The molecule has 0 bridgehead atoms. The minimum Gasteiger partial charge on any atom is -0.366 e. The summed E-state index contributed by atoms with van der Waals surface area (Å²) in [6.07, 6.45) is 3.57. The standard InChI is InChI=1S/C22H18ClN5O4S/c23-15-4-3-11(8-14(15)20(30)27-22(25)32)18-17(19(24)29)13-5-7-28(10-16(13)33-18)21(31)12-2-1-6-26-9-12/h1-4,6,8-9H,5,7,10H2,(H2,24,29)(H3,25,27,30,32). The maximum Gasteiger partial charge on any atom is 0.319 e. The Hall–Kier alpha value is -3.76. The Morgan fingerprint density at radius 3 is 2.61 bits per heavy atom. The number of hydrogen-bond acceptors (Lipinski definition) is 6. The molecule has 1 aromatic carbocycles. The monoisotopic (exact) mass is 483 g/mol. The highest BCUT2D eigenvalue weighted by molar-refractivity contribution is 7.16. The van der Waals surface area contributed by atoms with E-state index in [4.69, 9.17) is 23.1 Å². The van der Waals surface area contributed by atoms with Crippen molar-refractivity contribution in [1.82, 2.24) is 15.2 Å². The molecule has 0 saturated carbocycles. The number of hydrogen-bond donors (Lipinski definition) is 3. The zero-order chi connectivity index (χ0) is 23.7. The smallest absolute Gasteiger partial charge is 0.319 e. The summed E-state index contributed by atoms with van der Waals surface area (Å²) in [5, 5.41) is 2.09. The number of nitrogens with two attached hydrogens (primary N) is 2. The molecule has 0 atom stereocenters. The Morgan fingerprint density at radius 2 is 1.94 bits per heavy atom. The van der Waals surface area contributed by atoms with E-state index >= 15 is 0 Å². The molecule has 0 saturated heterocycles. The van der Waals surface area contributed by atoms with Crippen molar-refractivity contribution in [1.29, 1.82) is 0 Å². The van der Waals surface area contributed by atoms with Gasteiger partial charge in [-0.2, -0.15) is 0 Å². The first-order chi connectivity index (χ1) is 15.8. The van der Waals surface area contributed by atoms with Gasteiger partial charge in [0.15, 0.2) is 0 Å². The van der Waals surface area contributed by atoms with Crippen LogP contribution in [0.15, 0.2) is 42.7 Å². The van der Waals surface area contributed by atoms with Crippen LogP contribution in [0.2, 0.25) is 5.02 Å². The number of imide groups is 1. The summed E-state index contributed by atoms with van der Waals surface area (Å²) in [6, 6.07) is 7.02. The molecule has 33 heavy (non-hydrogen) atoms. The molecule has 2 aromatic heterocycles. The fraction of sp³-hybridized carbons (Fsp3) is 0.136. The molecular formula is C22H18ClN5O4S. The van der Waals surface area contributed by atoms with Crippen LogP contribution in [-0.4, -0.2) is 40.2 Å². The van der Waals surface area contributed by atoms with Gasteiger partial charge in [-0.1, -0.05) is 17.7 Å². The van der Waals surface area contributed by atoms with E-state index in [2.05, 4.69) is 4.98 Å². The van der Waals surface area contributed by atoms with Crippen LogP contribution in [0.1, 0.15) is 41.5 Å². The van der Waals surface area contributed by atoms with Crippen LogP contribution in [0.3, 0.4) is 0 Å². The second-order valence-electron chi connectivity index (χ2n) is 7.30. The highest BCUT2D eigenvalue weighted by atomic mass is 35.5. The van der Waals surface area contributed by atoms with Crippen molar-refractivity contribution in [2.45, 2.75) is 13.0 Å². The number of pyridine rings is 1. The summed E-state index contributed by atoms with van der Waals surface area (Å²) in [5.41, 5.74) is 12.9. The van der Waals surface area contributed by atoms with Gasteiger partial charge in [-0.15, -0.1) is 11.3 Å². The van der Waals surface area contributed by atoms with Crippen LogP contribution in [-0.2, 0) is 13.0 Å². The molecule has 0 fully saturated rings. The van der Waals surface area contributed by atoms with Crippen molar-refractivity contribution < 1.29 is 19.2 Å². The van der Waals surface area contributed by atoms with E-state index in [1.165, 1.54) is 29.7 Å². The third-order valence-electron chi connectivity index (χ3n) is 5.21. The summed E-state index contributed by atoms with van der Waals surface area (Å²) >= 11 is 7.45. The minimum absolute atomic E-state index is 0.0307. The van der Waals surface area contributed by atoms with Gasteiger partial charge in [0.2, 0.25) is 5.91 Å². The molecule has 5 N–H and O–H groups in total. The van der Waals surface area contributed by atoms with E-state index in [9.17, 15) is 19.2 Å². The average molecular weight is 484 g/mol. The summed E-state index contributed by atoms with van der Waals surface area (Å²) in [6.45, 7) is 0.737. The molecule has 0 aliphatic carbocycles. The number of rotatable bonds is 4. The normalized spacial score (nSPS) is 12.7. The van der Waals surface area contributed by atoms with Crippen LogP contribution in [0.5, 0.6) is 0 Å².